The summed E-state index contributed by atoms with van der Waals surface area (Å²) in [7, 11) is 2.07. The van der Waals surface area contributed by atoms with Crippen molar-refractivity contribution in [2.75, 3.05) is 33.2 Å². The normalized spacial score (nSPS) is 17.6. The molecule has 0 saturated carbocycles. The van der Waals surface area contributed by atoms with Crippen LogP contribution in [0, 0.1) is 10.1 Å². The predicted octanol–water partition coefficient (Wildman–Crippen LogP) is 1.74. The van der Waals surface area contributed by atoms with Crippen LogP contribution in [0.5, 0.6) is 5.88 Å². The first-order chi connectivity index (χ1) is 12.5. The van der Waals surface area contributed by atoms with Gasteiger partial charge in [-0.05, 0) is 12.6 Å². The largest absolute Gasteiger partial charge is 0.492 e. The summed E-state index contributed by atoms with van der Waals surface area (Å²) < 4.78 is 1.40. The van der Waals surface area contributed by atoms with Crippen molar-refractivity contribution in [1.82, 2.24) is 24.4 Å². The van der Waals surface area contributed by atoms with Gasteiger partial charge in [0.05, 0.1) is 15.8 Å². The van der Waals surface area contributed by atoms with Gasteiger partial charge in [0.1, 0.15) is 6.33 Å². The molecule has 9 nitrogen and oxygen atoms in total. The number of nitro groups is 1. The molecule has 0 aliphatic carbocycles. The van der Waals surface area contributed by atoms with Gasteiger partial charge in [-0.15, -0.1) is 0 Å². The number of thiazole rings is 1. The monoisotopic (exact) mass is 374 g/mol. The van der Waals surface area contributed by atoms with Crippen molar-refractivity contribution in [3.63, 3.8) is 0 Å². The molecule has 3 aromatic rings. The molecule has 1 N–H and O–H groups in total. The van der Waals surface area contributed by atoms with Crippen LogP contribution in [0.2, 0.25) is 0 Å². The Labute approximate surface area is 153 Å². The van der Waals surface area contributed by atoms with E-state index >= 15 is 0 Å². The van der Waals surface area contributed by atoms with Gasteiger partial charge in [0.25, 0.3) is 5.69 Å². The van der Waals surface area contributed by atoms with E-state index in [0.29, 0.717) is 9.84 Å². The summed E-state index contributed by atoms with van der Waals surface area (Å²) in [6, 6.07) is 6.33. The third-order valence-corrected chi connectivity index (χ3v) is 5.77. The number of non-ortho nitro benzene ring substituents is 1. The molecule has 2 aromatic heterocycles. The molecule has 3 heterocycles. The molecule has 1 atom stereocenters. The molecule has 1 aromatic carbocycles. The first kappa shape index (κ1) is 16.9. The lowest BCUT2D eigenvalue weighted by atomic mass is 10.0. The molecule has 0 amide bonds. The second-order valence-corrected chi connectivity index (χ2v) is 7.35. The molecule has 0 radical (unpaired) electrons. The fourth-order valence-electron chi connectivity index (χ4n) is 3.29. The van der Waals surface area contributed by atoms with E-state index in [1.165, 1.54) is 28.2 Å². The zero-order chi connectivity index (χ0) is 18.3. The number of nitrogens with zero attached hydrogens (tertiary/aromatic N) is 6. The van der Waals surface area contributed by atoms with Gasteiger partial charge in [0.15, 0.2) is 0 Å². The zero-order valence-electron chi connectivity index (χ0n) is 14.1. The molecule has 1 unspecified atom stereocenters. The third kappa shape index (κ3) is 2.91. The minimum atomic E-state index is -0.396. The molecule has 0 bridgehead atoms. The number of hydrogen-bond donors (Lipinski definition) is 1. The van der Waals surface area contributed by atoms with Gasteiger partial charge in [0.2, 0.25) is 10.8 Å². The van der Waals surface area contributed by atoms with Gasteiger partial charge >= 0.3 is 0 Å². The van der Waals surface area contributed by atoms with E-state index in [9.17, 15) is 15.2 Å². The van der Waals surface area contributed by atoms with Crippen LogP contribution in [0.15, 0.2) is 30.6 Å². The van der Waals surface area contributed by atoms with Crippen molar-refractivity contribution in [3.8, 4) is 5.88 Å². The topological polar surface area (TPSA) is 100 Å². The van der Waals surface area contributed by atoms with Crippen LogP contribution in [0.25, 0.3) is 4.96 Å². The van der Waals surface area contributed by atoms with Crippen LogP contribution in [0.1, 0.15) is 16.5 Å². The van der Waals surface area contributed by atoms with Crippen molar-refractivity contribution in [3.05, 3.63) is 51.1 Å². The van der Waals surface area contributed by atoms with Crippen molar-refractivity contribution in [1.29, 1.82) is 0 Å². The number of hydrogen-bond acceptors (Lipinski definition) is 8. The Kier molecular flexibility index (Phi) is 4.31. The van der Waals surface area contributed by atoms with E-state index in [4.69, 9.17) is 0 Å². The van der Waals surface area contributed by atoms with Gasteiger partial charge in [-0.1, -0.05) is 23.5 Å². The summed E-state index contributed by atoms with van der Waals surface area (Å²) in [4.78, 5) is 20.8. The fourth-order valence-corrected chi connectivity index (χ4v) is 4.38. The van der Waals surface area contributed by atoms with Gasteiger partial charge in [-0.2, -0.15) is 9.61 Å². The van der Waals surface area contributed by atoms with E-state index in [-0.39, 0.29) is 17.6 Å². The number of aromatic nitrogens is 3. The zero-order valence-corrected chi connectivity index (χ0v) is 15.0. The van der Waals surface area contributed by atoms with Crippen molar-refractivity contribution in [2.45, 2.75) is 6.04 Å². The predicted molar refractivity (Wildman–Crippen MR) is 96.5 cm³/mol. The second kappa shape index (κ2) is 6.63. The van der Waals surface area contributed by atoms with Crippen LogP contribution in [0.4, 0.5) is 5.69 Å². The molecular weight excluding hydrogens is 356 g/mol. The molecule has 0 spiro atoms. The highest BCUT2D eigenvalue weighted by molar-refractivity contribution is 7.17. The minimum Gasteiger partial charge on any atom is -0.492 e. The van der Waals surface area contributed by atoms with Crippen molar-refractivity contribution < 1.29 is 10.0 Å². The van der Waals surface area contributed by atoms with E-state index in [1.807, 2.05) is 6.07 Å². The highest BCUT2D eigenvalue weighted by atomic mass is 32.1. The Bertz CT molecular complexity index is 947. The number of aromatic hydroxyl groups is 1. The van der Waals surface area contributed by atoms with Crippen LogP contribution >= 0.6 is 11.3 Å². The summed E-state index contributed by atoms with van der Waals surface area (Å²) in [6.45, 7) is 3.40. The SMILES string of the molecule is CN1CCN(C(c2cccc([N+](=O)[O-])c2)c2sc3ncnn3c2O)CC1. The second-order valence-electron chi connectivity index (χ2n) is 6.34. The summed E-state index contributed by atoms with van der Waals surface area (Å²) >= 11 is 1.36. The van der Waals surface area contributed by atoms with Gasteiger partial charge < -0.3 is 10.0 Å². The number of rotatable bonds is 4. The van der Waals surface area contributed by atoms with Crippen LogP contribution in [-0.2, 0) is 0 Å². The van der Waals surface area contributed by atoms with Gasteiger partial charge in [-0.3, -0.25) is 15.0 Å². The molecule has 1 fully saturated rings. The number of likely N-dealkylation sites (N-methyl/N-ethyl adjacent to an activating group) is 1. The number of piperazine rings is 1. The summed E-state index contributed by atoms with van der Waals surface area (Å²) in [5.41, 5.74) is 0.823. The molecule has 26 heavy (non-hydrogen) atoms. The quantitative estimate of drug-likeness (QED) is 0.548. The molecule has 1 aliphatic heterocycles. The van der Waals surface area contributed by atoms with Crippen LogP contribution in [-0.4, -0.2) is 67.7 Å². The minimum absolute atomic E-state index is 0.0398. The fraction of sp³-hybridized carbons (Fsp3) is 0.375. The average molecular weight is 374 g/mol. The molecule has 136 valence electrons. The Morgan fingerprint density at radius 1 is 1.31 bits per heavy atom. The summed E-state index contributed by atoms with van der Waals surface area (Å²) in [6.07, 6.45) is 1.40. The van der Waals surface area contributed by atoms with Crippen LogP contribution in [0.3, 0.4) is 0 Å². The maximum Gasteiger partial charge on any atom is 0.269 e. The maximum absolute atomic E-state index is 11.2. The number of nitro benzene ring substituents is 1. The van der Waals surface area contributed by atoms with Crippen molar-refractivity contribution >= 4 is 22.0 Å². The Hall–Kier alpha value is -2.56. The first-order valence-corrected chi connectivity index (χ1v) is 9.04. The van der Waals surface area contributed by atoms with Crippen LogP contribution < -0.4 is 0 Å². The molecule has 1 saturated heterocycles. The lowest BCUT2D eigenvalue weighted by Crippen LogP contribution is -2.46. The third-order valence-electron chi connectivity index (χ3n) is 4.69. The molecule has 10 heteroatoms. The van der Waals surface area contributed by atoms with E-state index in [1.54, 1.807) is 12.1 Å². The molecule has 1 aliphatic rings. The van der Waals surface area contributed by atoms with Crippen molar-refractivity contribution in [2.24, 2.45) is 0 Å². The summed E-state index contributed by atoms with van der Waals surface area (Å²) in [5.74, 6) is 0.0398. The maximum atomic E-state index is 11.2. The summed E-state index contributed by atoms with van der Waals surface area (Å²) in [5, 5.41) is 25.9. The smallest absolute Gasteiger partial charge is 0.269 e. The highest BCUT2D eigenvalue weighted by Gasteiger charge is 2.31. The number of fused-ring (bicyclic) bond motifs is 1. The molecular formula is C16H18N6O3S. The first-order valence-electron chi connectivity index (χ1n) is 8.23. The highest BCUT2D eigenvalue weighted by Crippen LogP contribution is 2.40. The Balaban J connectivity index is 1.81. The standard InChI is InChI=1S/C16H18N6O3S/c1-19-5-7-20(8-6-19)13(11-3-2-4-12(9-11)22(24)25)14-15(23)21-16(26-14)17-10-18-21/h2-4,9-10,13,23H,5-8H2,1H3. The Morgan fingerprint density at radius 2 is 2.08 bits per heavy atom. The lowest BCUT2D eigenvalue weighted by molar-refractivity contribution is -0.384. The average Bonchev–Trinajstić information content (AvgIpc) is 3.21. The van der Waals surface area contributed by atoms with Gasteiger partial charge in [-0.25, -0.2) is 4.98 Å². The Morgan fingerprint density at radius 3 is 2.77 bits per heavy atom. The lowest BCUT2D eigenvalue weighted by Gasteiger charge is -2.37. The van der Waals surface area contributed by atoms with E-state index in [2.05, 4.69) is 26.9 Å². The van der Waals surface area contributed by atoms with E-state index < -0.39 is 4.92 Å². The van der Waals surface area contributed by atoms with Gasteiger partial charge in [0, 0.05) is 38.3 Å². The van der Waals surface area contributed by atoms with E-state index in [0.717, 1.165) is 31.7 Å². The molecule has 4 rings (SSSR count). The number of benzene rings is 1.